The Labute approximate surface area is 100 Å². The molecule has 5 nitrogen and oxygen atoms in total. The first-order chi connectivity index (χ1) is 8.11. The molecule has 0 radical (unpaired) electrons. The minimum absolute atomic E-state index is 0.0765. The minimum Gasteiger partial charge on any atom is -0.266 e. The Morgan fingerprint density at radius 2 is 2.00 bits per heavy atom. The van der Waals surface area contributed by atoms with Crippen molar-refractivity contribution in [3.8, 4) is 0 Å². The fraction of sp³-hybridized carbons (Fsp3) is 0.333. The Hall–Kier alpha value is -2.04. The largest absolute Gasteiger partial charge is 0.290 e. The highest BCUT2D eigenvalue weighted by Gasteiger charge is 2.18. The number of carbonyl (C=O) groups excluding carboxylic acids is 1. The van der Waals surface area contributed by atoms with Crippen molar-refractivity contribution in [1.29, 1.82) is 0 Å². The molecule has 0 unspecified atom stereocenters. The highest BCUT2D eigenvalue weighted by molar-refractivity contribution is 5.99. The molecule has 0 atom stereocenters. The molecule has 90 valence electrons. The van der Waals surface area contributed by atoms with Crippen LogP contribution in [0.2, 0.25) is 0 Å². The second-order valence-corrected chi connectivity index (χ2v) is 4.15. The van der Waals surface area contributed by atoms with Crippen molar-refractivity contribution in [2.24, 2.45) is 0 Å². The molecule has 0 aliphatic carbocycles. The first kappa shape index (κ1) is 11.4. The molecule has 0 aliphatic rings. The van der Waals surface area contributed by atoms with Gasteiger partial charge in [0.25, 0.3) is 5.91 Å². The van der Waals surface area contributed by atoms with Crippen molar-refractivity contribution in [2.75, 3.05) is 12.1 Å². The number of rotatable bonds is 3. The molecule has 2 rings (SSSR count). The van der Waals surface area contributed by atoms with Crippen LogP contribution in [0.15, 0.2) is 36.8 Å². The maximum absolute atomic E-state index is 12.3. The van der Waals surface area contributed by atoms with Gasteiger partial charge >= 0.3 is 0 Å². The van der Waals surface area contributed by atoms with Crippen LogP contribution in [0.5, 0.6) is 0 Å². The van der Waals surface area contributed by atoms with Gasteiger partial charge in [-0.1, -0.05) is 0 Å². The quantitative estimate of drug-likeness (QED) is 0.808. The molecular formula is C12H16N4O. The molecule has 0 fully saturated rings. The number of aromatic nitrogens is 3. The third kappa shape index (κ3) is 2.08. The maximum atomic E-state index is 12.3. The zero-order valence-electron chi connectivity index (χ0n) is 10.2. The highest BCUT2D eigenvalue weighted by Crippen LogP contribution is 2.09. The summed E-state index contributed by atoms with van der Waals surface area (Å²) in [5.74, 6) is -0.0765. The van der Waals surface area contributed by atoms with Crippen LogP contribution in [0.1, 0.15) is 30.4 Å². The molecule has 2 aromatic heterocycles. The van der Waals surface area contributed by atoms with E-state index in [1.54, 1.807) is 33.7 Å². The summed E-state index contributed by atoms with van der Waals surface area (Å²) in [4.78, 5) is 12.3. The summed E-state index contributed by atoms with van der Waals surface area (Å²) in [6.07, 6.45) is 5.30. The summed E-state index contributed by atoms with van der Waals surface area (Å²) >= 11 is 0. The van der Waals surface area contributed by atoms with Crippen LogP contribution < -0.4 is 5.01 Å². The van der Waals surface area contributed by atoms with Gasteiger partial charge in [-0.05, 0) is 32.0 Å². The highest BCUT2D eigenvalue weighted by atomic mass is 16.2. The van der Waals surface area contributed by atoms with Crippen LogP contribution >= 0.6 is 0 Å². The lowest BCUT2D eigenvalue weighted by molar-refractivity contribution is 0.0955. The van der Waals surface area contributed by atoms with Crippen molar-refractivity contribution in [3.05, 3.63) is 42.5 Å². The number of hydrogen-bond acceptors (Lipinski definition) is 2. The van der Waals surface area contributed by atoms with Crippen LogP contribution in [0.4, 0.5) is 0 Å². The first-order valence-corrected chi connectivity index (χ1v) is 5.56. The van der Waals surface area contributed by atoms with Crippen molar-refractivity contribution < 1.29 is 4.79 Å². The van der Waals surface area contributed by atoms with Crippen molar-refractivity contribution >= 4 is 5.91 Å². The second kappa shape index (κ2) is 4.45. The molecule has 2 heterocycles. The number of carbonyl (C=O) groups is 1. The second-order valence-electron chi connectivity index (χ2n) is 4.15. The third-order valence-corrected chi connectivity index (χ3v) is 2.61. The molecule has 5 heteroatoms. The van der Waals surface area contributed by atoms with E-state index in [1.165, 1.54) is 0 Å². The molecular weight excluding hydrogens is 216 g/mol. The van der Waals surface area contributed by atoms with E-state index in [0.29, 0.717) is 5.69 Å². The predicted octanol–water partition coefficient (Wildman–Crippen LogP) is 1.67. The molecule has 0 aromatic carbocycles. The molecule has 0 aliphatic heterocycles. The van der Waals surface area contributed by atoms with Crippen LogP contribution in [-0.4, -0.2) is 27.4 Å². The average molecular weight is 232 g/mol. The monoisotopic (exact) mass is 232 g/mol. The molecule has 0 spiro atoms. The fourth-order valence-corrected chi connectivity index (χ4v) is 1.69. The van der Waals surface area contributed by atoms with E-state index in [0.717, 1.165) is 0 Å². The lowest BCUT2D eigenvalue weighted by atomic mass is 10.3. The SMILES string of the molecule is CC(C)n1nccc1C(=O)N(C)n1cccc1. The summed E-state index contributed by atoms with van der Waals surface area (Å²) in [5.41, 5.74) is 0.594. The van der Waals surface area contributed by atoms with Gasteiger partial charge in [0.15, 0.2) is 0 Å². The van der Waals surface area contributed by atoms with E-state index in [4.69, 9.17) is 0 Å². The minimum atomic E-state index is -0.0765. The van der Waals surface area contributed by atoms with E-state index < -0.39 is 0 Å². The normalized spacial score (nSPS) is 10.8. The van der Waals surface area contributed by atoms with E-state index >= 15 is 0 Å². The van der Waals surface area contributed by atoms with Gasteiger partial charge in [-0.3, -0.25) is 14.2 Å². The van der Waals surface area contributed by atoms with Crippen LogP contribution in [-0.2, 0) is 0 Å². The number of hydrogen-bond donors (Lipinski definition) is 0. The molecule has 17 heavy (non-hydrogen) atoms. The molecule has 0 bridgehead atoms. The Morgan fingerprint density at radius 1 is 1.35 bits per heavy atom. The van der Waals surface area contributed by atoms with Crippen LogP contribution in [0, 0.1) is 0 Å². The van der Waals surface area contributed by atoms with Crippen LogP contribution in [0.25, 0.3) is 0 Å². The Balaban J connectivity index is 2.28. The summed E-state index contributed by atoms with van der Waals surface area (Å²) in [6.45, 7) is 4.00. The summed E-state index contributed by atoms with van der Waals surface area (Å²) in [7, 11) is 1.74. The lowest BCUT2D eigenvalue weighted by Crippen LogP contribution is -2.37. The standard InChI is InChI=1S/C12H16N4O/c1-10(2)16-11(6-7-13-16)12(17)14(3)15-8-4-5-9-15/h4-10H,1-3H3. The fourth-order valence-electron chi connectivity index (χ4n) is 1.69. The zero-order valence-corrected chi connectivity index (χ0v) is 10.2. The lowest BCUT2D eigenvalue weighted by Gasteiger charge is -2.19. The first-order valence-electron chi connectivity index (χ1n) is 5.56. The summed E-state index contributed by atoms with van der Waals surface area (Å²) in [5, 5.41) is 5.71. The van der Waals surface area contributed by atoms with Gasteiger partial charge in [0.05, 0.1) is 0 Å². The summed E-state index contributed by atoms with van der Waals surface area (Å²) in [6, 6.07) is 5.66. The van der Waals surface area contributed by atoms with Gasteiger partial charge in [-0.2, -0.15) is 5.10 Å². The van der Waals surface area contributed by atoms with Crippen molar-refractivity contribution in [2.45, 2.75) is 19.9 Å². The summed E-state index contributed by atoms with van der Waals surface area (Å²) < 4.78 is 3.46. The van der Waals surface area contributed by atoms with Gasteiger partial charge in [-0.15, -0.1) is 0 Å². The Morgan fingerprint density at radius 3 is 2.59 bits per heavy atom. The van der Waals surface area contributed by atoms with Gasteiger partial charge < -0.3 is 0 Å². The smallest absolute Gasteiger partial charge is 0.266 e. The molecule has 1 amide bonds. The van der Waals surface area contributed by atoms with Gasteiger partial charge in [0.2, 0.25) is 0 Å². The molecule has 0 N–H and O–H groups in total. The van der Waals surface area contributed by atoms with Crippen LogP contribution in [0.3, 0.4) is 0 Å². The van der Waals surface area contributed by atoms with E-state index in [2.05, 4.69) is 5.10 Å². The molecule has 0 saturated heterocycles. The topological polar surface area (TPSA) is 43.1 Å². The zero-order chi connectivity index (χ0) is 12.4. The Kier molecular flexibility index (Phi) is 2.99. The third-order valence-electron chi connectivity index (χ3n) is 2.61. The van der Waals surface area contributed by atoms with Gasteiger partial charge in [0.1, 0.15) is 5.69 Å². The van der Waals surface area contributed by atoms with Gasteiger partial charge in [-0.25, -0.2) is 5.01 Å². The Bertz CT molecular complexity index is 498. The predicted molar refractivity (Wildman–Crippen MR) is 65.5 cm³/mol. The van der Waals surface area contributed by atoms with Gasteiger partial charge in [0, 0.05) is 31.7 Å². The number of amides is 1. The van der Waals surface area contributed by atoms with E-state index in [9.17, 15) is 4.79 Å². The van der Waals surface area contributed by atoms with Crippen molar-refractivity contribution in [1.82, 2.24) is 14.5 Å². The van der Waals surface area contributed by atoms with E-state index in [1.807, 2.05) is 38.4 Å². The number of nitrogens with zero attached hydrogens (tertiary/aromatic N) is 4. The molecule has 2 aromatic rings. The maximum Gasteiger partial charge on any atom is 0.290 e. The average Bonchev–Trinajstić information content (AvgIpc) is 2.97. The van der Waals surface area contributed by atoms with Crippen molar-refractivity contribution in [3.63, 3.8) is 0 Å². The molecule has 0 saturated carbocycles. The van der Waals surface area contributed by atoms with E-state index in [-0.39, 0.29) is 11.9 Å².